The molecule has 17 heavy (non-hydrogen) atoms. The molecule has 3 heterocycles. The van der Waals surface area contributed by atoms with Crippen LogP contribution in [0.3, 0.4) is 0 Å². The van der Waals surface area contributed by atoms with E-state index < -0.39 is 0 Å². The van der Waals surface area contributed by atoms with Crippen molar-refractivity contribution in [3.63, 3.8) is 0 Å². The first-order valence-electron chi connectivity index (χ1n) is 5.27. The first-order chi connectivity index (χ1) is 8.35. The van der Waals surface area contributed by atoms with Crippen molar-refractivity contribution in [3.8, 4) is 5.75 Å². The Labute approximate surface area is 97.7 Å². The third-order valence-electron chi connectivity index (χ3n) is 2.50. The largest absolute Gasteiger partial charge is 0.495 e. The molecule has 0 N–H and O–H groups in total. The summed E-state index contributed by atoms with van der Waals surface area (Å²) in [6.45, 7) is 0. The van der Waals surface area contributed by atoms with Crippen LogP contribution in [0.4, 0.5) is 0 Å². The Morgan fingerprint density at radius 2 is 2.29 bits per heavy atom. The zero-order valence-electron chi connectivity index (χ0n) is 9.33. The van der Waals surface area contributed by atoms with Gasteiger partial charge in [-0.15, -0.1) is 0 Å². The van der Waals surface area contributed by atoms with Crippen molar-refractivity contribution in [2.24, 2.45) is 0 Å². The number of furan rings is 1. The molecule has 0 radical (unpaired) electrons. The summed E-state index contributed by atoms with van der Waals surface area (Å²) in [5, 5.41) is 4.36. The Kier molecular flexibility index (Phi) is 2.29. The molecule has 86 valence electrons. The summed E-state index contributed by atoms with van der Waals surface area (Å²) in [5.74, 6) is 2.34. The van der Waals surface area contributed by atoms with Gasteiger partial charge in [-0.1, -0.05) is 0 Å². The zero-order valence-corrected chi connectivity index (χ0v) is 9.33. The molecule has 0 aliphatic heterocycles. The predicted molar refractivity (Wildman–Crippen MR) is 61.1 cm³/mol. The molecule has 0 saturated carbocycles. The highest BCUT2D eigenvalue weighted by molar-refractivity contribution is 5.40. The molecule has 3 aromatic rings. The van der Waals surface area contributed by atoms with Gasteiger partial charge in [-0.05, 0) is 24.3 Å². The van der Waals surface area contributed by atoms with Crippen LogP contribution in [0.25, 0.3) is 5.65 Å². The molecule has 3 aromatic heterocycles. The molecule has 5 nitrogen and oxygen atoms in total. The third kappa shape index (κ3) is 1.87. The Morgan fingerprint density at radius 3 is 3.06 bits per heavy atom. The van der Waals surface area contributed by atoms with Crippen LogP contribution in [0.2, 0.25) is 0 Å². The number of rotatable bonds is 3. The van der Waals surface area contributed by atoms with Crippen LogP contribution < -0.4 is 4.74 Å². The molecule has 0 fully saturated rings. The van der Waals surface area contributed by atoms with Crippen LogP contribution in [0, 0.1) is 0 Å². The lowest BCUT2D eigenvalue weighted by molar-refractivity contribution is 0.411. The van der Waals surface area contributed by atoms with Gasteiger partial charge in [-0.3, -0.25) is 0 Å². The number of fused-ring (bicyclic) bond motifs is 1. The average molecular weight is 229 g/mol. The summed E-state index contributed by atoms with van der Waals surface area (Å²) in [4.78, 5) is 4.40. The van der Waals surface area contributed by atoms with Gasteiger partial charge < -0.3 is 9.15 Å². The first kappa shape index (κ1) is 9.89. The minimum atomic E-state index is 0.594. The van der Waals surface area contributed by atoms with Gasteiger partial charge in [0.1, 0.15) is 11.5 Å². The Hall–Kier alpha value is -2.30. The number of aromatic nitrogens is 3. The van der Waals surface area contributed by atoms with E-state index in [0.29, 0.717) is 6.42 Å². The van der Waals surface area contributed by atoms with Crippen LogP contribution in [-0.2, 0) is 6.42 Å². The number of hydrogen-bond acceptors (Lipinski definition) is 4. The van der Waals surface area contributed by atoms with Gasteiger partial charge in [0.25, 0.3) is 0 Å². The van der Waals surface area contributed by atoms with E-state index in [-0.39, 0.29) is 0 Å². The second-order valence-corrected chi connectivity index (χ2v) is 3.66. The van der Waals surface area contributed by atoms with Crippen molar-refractivity contribution >= 4 is 5.65 Å². The van der Waals surface area contributed by atoms with E-state index in [1.54, 1.807) is 24.1 Å². The number of methoxy groups -OCH3 is 1. The molecule has 0 saturated heterocycles. The van der Waals surface area contributed by atoms with Gasteiger partial charge in [-0.25, -0.2) is 9.50 Å². The summed E-state index contributed by atoms with van der Waals surface area (Å²) in [5.41, 5.74) is 0.798. The van der Waals surface area contributed by atoms with Gasteiger partial charge in [0, 0.05) is 0 Å². The molecule has 0 aromatic carbocycles. The monoisotopic (exact) mass is 229 g/mol. The van der Waals surface area contributed by atoms with Gasteiger partial charge in [0.05, 0.1) is 26.0 Å². The minimum Gasteiger partial charge on any atom is -0.495 e. The molecule has 0 unspecified atom stereocenters. The summed E-state index contributed by atoms with van der Waals surface area (Å²) in [6.07, 6.45) is 4.04. The fourth-order valence-electron chi connectivity index (χ4n) is 1.67. The van der Waals surface area contributed by atoms with Gasteiger partial charge >= 0.3 is 0 Å². The summed E-state index contributed by atoms with van der Waals surface area (Å²) in [6, 6.07) is 7.50. The smallest absolute Gasteiger partial charge is 0.159 e. The zero-order chi connectivity index (χ0) is 11.7. The highest BCUT2D eigenvalue weighted by atomic mass is 16.5. The van der Waals surface area contributed by atoms with Crippen molar-refractivity contribution in [3.05, 3.63) is 48.3 Å². The highest BCUT2D eigenvalue weighted by Gasteiger charge is 2.06. The van der Waals surface area contributed by atoms with Gasteiger partial charge in [-0.2, -0.15) is 5.10 Å². The lowest BCUT2D eigenvalue weighted by Crippen LogP contribution is -1.91. The quantitative estimate of drug-likeness (QED) is 0.688. The van der Waals surface area contributed by atoms with E-state index >= 15 is 0 Å². The second-order valence-electron chi connectivity index (χ2n) is 3.66. The topological polar surface area (TPSA) is 52.6 Å². The minimum absolute atomic E-state index is 0.594. The number of pyridine rings is 1. The first-order valence-corrected chi connectivity index (χ1v) is 5.27. The van der Waals surface area contributed by atoms with E-state index in [9.17, 15) is 0 Å². The van der Waals surface area contributed by atoms with Crippen LogP contribution in [0.5, 0.6) is 5.75 Å². The van der Waals surface area contributed by atoms with Gasteiger partial charge in [0.15, 0.2) is 11.5 Å². The predicted octanol–water partition coefficient (Wildman–Crippen LogP) is 1.92. The standard InChI is InChI=1S/C12H11N3O2/c1-16-10-4-5-12-13-11(14-15(12)8-10)7-9-3-2-6-17-9/h2-6,8H,7H2,1H3. The summed E-state index contributed by atoms with van der Waals surface area (Å²) in [7, 11) is 1.63. The van der Waals surface area contributed by atoms with Crippen LogP contribution in [0.1, 0.15) is 11.6 Å². The maximum absolute atomic E-state index is 5.26. The van der Waals surface area contributed by atoms with E-state index in [1.165, 1.54) is 0 Å². The Balaban J connectivity index is 1.96. The molecule has 0 aliphatic carbocycles. The second kappa shape index (κ2) is 3.93. The van der Waals surface area contributed by atoms with Gasteiger partial charge in [0.2, 0.25) is 0 Å². The molecule has 0 bridgehead atoms. The SMILES string of the molecule is COc1ccc2nc(Cc3ccco3)nn2c1. The lowest BCUT2D eigenvalue weighted by Gasteiger charge is -1.97. The number of ether oxygens (including phenoxy) is 1. The molecular formula is C12H11N3O2. The maximum Gasteiger partial charge on any atom is 0.159 e. The van der Waals surface area contributed by atoms with Crippen LogP contribution >= 0.6 is 0 Å². The van der Waals surface area contributed by atoms with E-state index in [2.05, 4.69) is 10.1 Å². The summed E-state index contributed by atoms with van der Waals surface area (Å²) >= 11 is 0. The molecular weight excluding hydrogens is 218 g/mol. The fourth-order valence-corrected chi connectivity index (χ4v) is 1.67. The molecule has 5 heteroatoms. The van der Waals surface area contributed by atoms with Crippen molar-refractivity contribution in [2.45, 2.75) is 6.42 Å². The number of hydrogen-bond donors (Lipinski definition) is 0. The Morgan fingerprint density at radius 1 is 1.35 bits per heavy atom. The highest BCUT2D eigenvalue weighted by Crippen LogP contribution is 2.13. The van der Waals surface area contributed by atoms with E-state index in [0.717, 1.165) is 23.0 Å². The molecule has 0 aliphatic rings. The van der Waals surface area contributed by atoms with Crippen molar-refractivity contribution < 1.29 is 9.15 Å². The molecule has 0 spiro atoms. The average Bonchev–Trinajstić information content (AvgIpc) is 2.96. The molecule has 3 rings (SSSR count). The van der Waals surface area contributed by atoms with Crippen molar-refractivity contribution in [1.82, 2.24) is 14.6 Å². The fraction of sp³-hybridized carbons (Fsp3) is 0.167. The van der Waals surface area contributed by atoms with Crippen molar-refractivity contribution in [1.29, 1.82) is 0 Å². The summed E-state index contributed by atoms with van der Waals surface area (Å²) < 4.78 is 12.1. The van der Waals surface area contributed by atoms with Crippen LogP contribution in [0.15, 0.2) is 41.1 Å². The van der Waals surface area contributed by atoms with E-state index in [4.69, 9.17) is 9.15 Å². The van der Waals surface area contributed by atoms with Crippen LogP contribution in [-0.4, -0.2) is 21.7 Å². The third-order valence-corrected chi connectivity index (χ3v) is 2.50. The molecule has 0 atom stereocenters. The normalized spacial score (nSPS) is 10.9. The Bertz CT molecular complexity index is 628. The van der Waals surface area contributed by atoms with Crippen molar-refractivity contribution in [2.75, 3.05) is 7.11 Å². The maximum atomic E-state index is 5.26. The lowest BCUT2D eigenvalue weighted by atomic mass is 10.3. The van der Waals surface area contributed by atoms with E-state index in [1.807, 2.05) is 24.3 Å². The molecule has 0 amide bonds. The number of nitrogens with zero attached hydrogens (tertiary/aromatic N) is 3.